The van der Waals surface area contributed by atoms with E-state index in [0.29, 0.717) is 0 Å². The van der Waals surface area contributed by atoms with Crippen molar-refractivity contribution < 1.29 is 0 Å². The Labute approximate surface area is 74.9 Å². The van der Waals surface area contributed by atoms with E-state index in [4.69, 9.17) is 0 Å². The Balaban J connectivity index is 0.000000336. The van der Waals surface area contributed by atoms with Gasteiger partial charge in [-0.05, 0) is 30.0 Å². The fourth-order valence-corrected chi connectivity index (χ4v) is 1.46. The molecular formula is C12H16. The van der Waals surface area contributed by atoms with Crippen LogP contribution in [0.2, 0.25) is 0 Å². The van der Waals surface area contributed by atoms with Crippen molar-refractivity contribution in [3.8, 4) is 0 Å². The van der Waals surface area contributed by atoms with Crippen LogP contribution in [0, 0.1) is 6.92 Å². The lowest BCUT2D eigenvalue weighted by atomic mass is 10.1. The Morgan fingerprint density at radius 2 is 1.92 bits per heavy atom. The minimum absolute atomic E-state index is 1.12. The third kappa shape index (κ3) is 1.58. The molecule has 1 aromatic rings. The average Bonchev–Trinajstić information content (AvgIpc) is 2.57. The molecule has 12 heavy (non-hydrogen) atoms. The van der Waals surface area contributed by atoms with E-state index < -0.39 is 0 Å². The molecule has 0 amide bonds. The Morgan fingerprint density at radius 1 is 1.17 bits per heavy atom. The molecule has 0 heterocycles. The number of benzene rings is 1. The van der Waals surface area contributed by atoms with E-state index in [2.05, 4.69) is 37.3 Å². The van der Waals surface area contributed by atoms with Crippen LogP contribution in [0.25, 0.3) is 6.08 Å². The zero-order chi connectivity index (χ0) is 8.97. The maximum Gasteiger partial charge on any atom is -0.00881 e. The van der Waals surface area contributed by atoms with Crippen molar-refractivity contribution in [1.29, 1.82) is 0 Å². The van der Waals surface area contributed by atoms with Gasteiger partial charge in [0.1, 0.15) is 0 Å². The predicted molar refractivity (Wildman–Crippen MR) is 55.3 cm³/mol. The molecule has 1 aliphatic carbocycles. The highest BCUT2D eigenvalue weighted by atomic mass is 14.1. The molecule has 0 atom stereocenters. The molecule has 0 heteroatoms. The summed E-state index contributed by atoms with van der Waals surface area (Å²) in [5.74, 6) is 0. The fraction of sp³-hybridized carbons (Fsp3) is 0.333. The molecule has 0 spiro atoms. The summed E-state index contributed by atoms with van der Waals surface area (Å²) in [7, 11) is 0. The van der Waals surface area contributed by atoms with E-state index >= 15 is 0 Å². The normalized spacial score (nSPS) is 11.9. The summed E-state index contributed by atoms with van der Waals surface area (Å²) in [6.45, 7) is 6.16. The van der Waals surface area contributed by atoms with Gasteiger partial charge in [-0.1, -0.05) is 44.2 Å². The van der Waals surface area contributed by atoms with Gasteiger partial charge in [-0.2, -0.15) is 0 Å². The molecule has 2 rings (SSSR count). The first-order chi connectivity index (χ1) is 5.88. The summed E-state index contributed by atoms with van der Waals surface area (Å²) in [6, 6.07) is 6.48. The molecule has 1 aromatic carbocycles. The zero-order valence-corrected chi connectivity index (χ0v) is 8.09. The first-order valence-electron chi connectivity index (χ1n) is 4.63. The third-order valence-electron chi connectivity index (χ3n) is 2.04. The number of allylic oxidation sites excluding steroid dienone is 1. The number of hydrogen-bond donors (Lipinski definition) is 0. The summed E-state index contributed by atoms with van der Waals surface area (Å²) in [5, 5.41) is 0. The lowest BCUT2D eigenvalue weighted by Crippen LogP contribution is -1.83. The summed E-state index contributed by atoms with van der Waals surface area (Å²) >= 11 is 0. The van der Waals surface area contributed by atoms with Crippen LogP contribution in [0.15, 0.2) is 24.3 Å². The molecule has 0 aromatic heterocycles. The van der Waals surface area contributed by atoms with Gasteiger partial charge in [0.05, 0.1) is 0 Å². The summed E-state index contributed by atoms with van der Waals surface area (Å²) < 4.78 is 0. The summed E-state index contributed by atoms with van der Waals surface area (Å²) in [5.41, 5.74) is 4.30. The van der Waals surface area contributed by atoms with Gasteiger partial charge in [0, 0.05) is 0 Å². The van der Waals surface area contributed by atoms with E-state index in [1.807, 2.05) is 13.8 Å². The second-order valence-electron chi connectivity index (χ2n) is 2.75. The monoisotopic (exact) mass is 160 g/mol. The van der Waals surface area contributed by atoms with Gasteiger partial charge in [-0.15, -0.1) is 0 Å². The van der Waals surface area contributed by atoms with Gasteiger partial charge in [0.15, 0.2) is 0 Å². The lowest BCUT2D eigenvalue weighted by molar-refractivity contribution is 1.28. The number of rotatable bonds is 0. The maximum absolute atomic E-state index is 2.22. The summed E-state index contributed by atoms with van der Waals surface area (Å²) in [4.78, 5) is 0. The molecule has 0 fully saturated rings. The third-order valence-corrected chi connectivity index (χ3v) is 2.04. The minimum atomic E-state index is 1.12. The van der Waals surface area contributed by atoms with Gasteiger partial charge in [-0.3, -0.25) is 0 Å². The van der Waals surface area contributed by atoms with Crippen LogP contribution in [0.1, 0.15) is 30.5 Å². The van der Waals surface area contributed by atoms with Crippen LogP contribution >= 0.6 is 0 Å². The van der Waals surface area contributed by atoms with Crippen molar-refractivity contribution in [3.63, 3.8) is 0 Å². The van der Waals surface area contributed by atoms with Crippen molar-refractivity contribution >= 4 is 6.08 Å². The highest BCUT2D eigenvalue weighted by Crippen LogP contribution is 2.21. The molecule has 0 aliphatic heterocycles. The highest BCUT2D eigenvalue weighted by Gasteiger charge is 2.04. The maximum atomic E-state index is 2.22. The fourth-order valence-electron chi connectivity index (χ4n) is 1.46. The Bertz CT molecular complexity index is 282. The SMILES string of the molecule is CC.Cc1cccc2c1C=CC2. The second kappa shape index (κ2) is 4.10. The smallest absolute Gasteiger partial charge is 0.00881 e. The second-order valence-corrected chi connectivity index (χ2v) is 2.75. The molecule has 0 bridgehead atoms. The standard InChI is InChI=1S/C10H10.C2H6/c1-8-4-2-5-9-6-3-7-10(8)9;1-2/h2-5,7H,6H2,1H3;1-2H3. The average molecular weight is 160 g/mol. The van der Waals surface area contributed by atoms with E-state index in [1.54, 1.807) is 0 Å². The summed E-state index contributed by atoms with van der Waals surface area (Å²) in [6.07, 6.45) is 5.55. The van der Waals surface area contributed by atoms with Crippen molar-refractivity contribution in [2.75, 3.05) is 0 Å². The molecule has 0 nitrogen and oxygen atoms in total. The minimum Gasteiger partial charge on any atom is -0.0795 e. The molecule has 0 saturated heterocycles. The first kappa shape index (κ1) is 9.05. The van der Waals surface area contributed by atoms with Gasteiger partial charge >= 0.3 is 0 Å². The molecule has 0 N–H and O–H groups in total. The van der Waals surface area contributed by atoms with Crippen LogP contribution in [-0.2, 0) is 6.42 Å². The van der Waals surface area contributed by atoms with Gasteiger partial charge in [0.25, 0.3) is 0 Å². The predicted octanol–water partition coefficient (Wildman–Crippen LogP) is 3.59. The molecule has 0 saturated carbocycles. The van der Waals surface area contributed by atoms with E-state index in [0.717, 1.165) is 6.42 Å². The van der Waals surface area contributed by atoms with E-state index in [-0.39, 0.29) is 0 Å². The van der Waals surface area contributed by atoms with Crippen molar-refractivity contribution in [3.05, 3.63) is 41.0 Å². The number of aryl methyl sites for hydroxylation is 1. The Hall–Kier alpha value is -1.04. The van der Waals surface area contributed by atoms with Crippen molar-refractivity contribution in [2.24, 2.45) is 0 Å². The topological polar surface area (TPSA) is 0 Å². The highest BCUT2D eigenvalue weighted by molar-refractivity contribution is 5.62. The van der Waals surface area contributed by atoms with Gasteiger partial charge < -0.3 is 0 Å². The molecule has 64 valence electrons. The first-order valence-corrected chi connectivity index (χ1v) is 4.63. The Morgan fingerprint density at radius 3 is 2.58 bits per heavy atom. The number of fused-ring (bicyclic) bond motifs is 1. The van der Waals surface area contributed by atoms with Crippen molar-refractivity contribution in [2.45, 2.75) is 27.2 Å². The lowest BCUT2D eigenvalue weighted by Gasteiger charge is -2.00. The van der Waals surface area contributed by atoms with Crippen LogP contribution in [-0.4, -0.2) is 0 Å². The molecule has 0 unspecified atom stereocenters. The van der Waals surface area contributed by atoms with Gasteiger partial charge in [0.2, 0.25) is 0 Å². The molecule has 0 radical (unpaired) electrons. The Kier molecular flexibility index (Phi) is 3.09. The van der Waals surface area contributed by atoms with E-state index in [9.17, 15) is 0 Å². The molecule has 1 aliphatic rings. The van der Waals surface area contributed by atoms with Crippen LogP contribution in [0.4, 0.5) is 0 Å². The van der Waals surface area contributed by atoms with Crippen LogP contribution < -0.4 is 0 Å². The number of hydrogen-bond acceptors (Lipinski definition) is 0. The van der Waals surface area contributed by atoms with Gasteiger partial charge in [-0.25, -0.2) is 0 Å². The van der Waals surface area contributed by atoms with E-state index in [1.165, 1.54) is 16.7 Å². The zero-order valence-electron chi connectivity index (χ0n) is 8.09. The largest absolute Gasteiger partial charge is 0.0795 e. The van der Waals surface area contributed by atoms with Crippen molar-refractivity contribution in [1.82, 2.24) is 0 Å². The quantitative estimate of drug-likeness (QED) is 0.544. The molecular weight excluding hydrogens is 144 g/mol. The van der Waals surface area contributed by atoms with Crippen LogP contribution in [0.3, 0.4) is 0 Å². The van der Waals surface area contributed by atoms with Crippen LogP contribution in [0.5, 0.6) is 0 Å².